The quantitative estimate of drug-likeness (QED) is 0.678. The number of nitrogens with zero attached hydrogens (tertiary/aromatic N) is 1. The maximum Gasteiger partial charge on any atom is 0.292 e. The van der Waals surface area contributed by atoms with Crippen molar-refractivity contribution >= 4 is 11.4 Å². The van der Waals surface area contributed by atoms with Crippen LogP contribution in [-0.4, -0.2) is 23.2 Å². The fourth-order valence-corrected chi connectivity index (χ4v) is 3.49. The molecule has 1 aliphatic carbocycles. The zero-order chi connectivity index (χ0) is 14.0. The van der Waals surface area contributed by atoms with E-state index in [0.717, 1.165) is 32.3 Å². The van der Waals surface area contributed by atoms with Crippen molar-refractivity contribution in [2.45, 2.75) is 50.2 Å². The minimum atomic E-state index is -0.326. The van der Waals surface area contributed by atoms with Crippen LogP contribution in [0.5, 0.6) is 0 Å². The second-order valence-corrected chi connectivity index (χ2v) is 5.85. The van der Waals surface area contributed by atoms with Crippen LogP contribution in [0.2, 0.25) is 0 Å². The van der Waals surface area contributed by atoms with Crippen LogP contribution >= 0.6 is 0 Å². The van der Waals surface area contributed by atoms with Crippen molar-refractivity contribution in [1.82, 2.24) is 0 Å². The van der Waals surface area contributed by atoms with Gasteiger partial charge in [-0.1, -0.05) is 25.0 Å². The van der Waals surface area contributed by atoms with Crippen LogP contribution < -0.4 is 5.32 Å². The molecule has 1 unspecified atom stereocenters. The third kappa shape index (κ3) is 2.63. The molecule has 108 valence electrons. The van der Waals surface area contributed by atoms with Crippen LogP contribution in [0.1, 0.15) is 38.5 Å². The topological polar surface area (TPSA) is 64.4 Å². The van der Waals surface area contributed by atoms with Gasteiger partial charge in [0, 0.05) is 18.7 Å². The molecule has 0 amide bonds. The molecule has 5 nitrogen and oxygen atoms in total. The van der Waals surface area contributed by atoms with E-state index in [-0.39, 0.29) is 22.3 Å². The van der Waals surface area contributed by atoms with Crippen LogP contribution in [0.3, 0.4) is 0 Å². The van der Waals surface area contributed by atoms with Gasteiger partial charge in [-0.3, -0.25) is 10.1 Å². The van der Waals surface area contributed by atoms with E-state index in [9.17, 15) is 10.1 Å². The van der Waals surface area contributed by atoms with E-state index >= 15 is 0 Å². The summed E-state index contributed by atoms with van der Waals surface area (Å²) >= 11 is 0. The van der Waals surface area contributed by atoms with Gasteiger partial charge in [0.05, 0.1) is 10.5 Å². The molecule has 1 aromatic carbocycles. The molecular weight excluding hydrogens is 256 g/mol. The SMILES string of the molecule is O=[N+]([O-])c1ccccc1NC1CCOC2(CCCC2)C1. The van der Waals surface area contributed by atoms with Gasteiger partial charge in [-0.15, -0.1) is 0 Å². The van der Waals surface area contributed by atoms with Gasteiger partial charge in [-0.05, 0) is 31.7 Å². The molecule has 1 spiro atoms. The molecule has 1 heterocycles. The Morgan fingerprint density at radius 1 is 1.30 bits per heavy atom. The molecular formula is C15H20N2O3. The molecule has 1 atom stereocenters. The number of anilines is 1. The summed E-state index contributed by atoms with van der Waals surface area (Å²) in [6, 6.07) is 7.14. The fraction of sp³-hybridized carbons (Fsp3) is 0.600. The fourth-order valence-electron chi connectivity index (χ4n) is 3.49. The van der Waals surface area contributed by atoms with Crippen molar-refractivity contribution in [3.8, 4) is 0 Å². The summed E-state index contributed by atoms with van der Waals surface area (Å²) < 4.78 is 6.00. The van der Waals surface area contributed by atoms with E-state index in [4.69, 9.17) is 4.74 Å². The minimum absolute atomic E-state index is 0.0273. The number of nitrogens with one attached hydrogen (secondary N) is 1. The zero-order valence-electron chi connectivity index (χ0n) is 11.5. The Hall–Kier alpha value is -1.62. The number of para-hydroxylation sites is 2. The molecule has 0 bridgehead atoms. The highest BCUT2D eigenvalue weighted by atomic mass is 16.6. The number of ether oxygens (including phenoxy) is 1. The van der Waals surface area contributed by atoms with Crippen LogP contribution in [0.15, 0.2) is 24.3 Å². The maximum atomic E-state index is 11.1. The van der Waals surface area contributed by atoms with Gasteiger partial charge < -0.3 is 10.1 Å². The lowest BCUT2D eigenvalue weighted by molar-refractivity contribution is -0.384. The van der Waals surface area contributed by atoms with Crippen molar-refractivity contribution in [2.24, 2.45) is 0 Å². The lowest BCUT2D eigenvalue weighted by Gasteiger charge is -2.38. The van der Waals surface area contributed by atoms with Gasteiger partial charge in [0.2, 0.25) is 0 Å². The number of rotatable bonds is 3. The van der Waals surface area contributed by atoms with Crippen molar-refractivity contribution in [3.05, 3.63) is 34.4 Å². The summed E-state index contributed by atoms with van der Waals surface area (Å²) in [7, 11) is 0. The predicted octanol–water partition coefficient (Wildman–Crippen LogP) is 3.50. The Balaban J connectivity index is 1.73. The van der Waals surface area contributed by atoms with E-state index in [2.05, 4.69) is 5.32 Å². The van der Waals surface area contributed by atoms with Gasteiger partial charge in [0.25, 0.3) is 5.69 Å². The van der Waals surface area contributed by atoms with Gasteiger partial charge in [0.1, 0.15) is 5.69 Å². The molecule has 1 aromatic rings. The molecule has 1 N–H and O–H groups in total. The average Bonchev–Trinajstić information content (AvgIpc) is 2.87. The Bertz CT molecular complexity index is 498. The highest BCUT2D eigenvalue weighted by Crippen LogP contribution is 2.41. The number of hydrogen-bond acceptors (Lipinski definition) is 4. The van der Waals surface area contributed by atoms with Gasteiger partial charge in [-0.25, -0.2) is 0 Å². The van der Waals surface area contributed by atoms with E-state index < -0.39 is 0 Å². The Morgan fingerprint density at radius 2 is 2.05 bits per heavy atom. The highest BCUT2D eigenvalue weighted by Gasteiger charge is 2.40. The summed E-state index contributed by atoms with van der Waals surface area (Å²) in [5.74, 6) is 0. The molecule has 3 rings (SSSR count). The van der Waals surface area contributed by atoms with Crippen molar-refractivity contribution < 1.29 is 9.66 Å². The lowest BCUT2D eigenvalue weighted by Crippen LogP contribution is -2.42. The second kappa shape index (κ2) is 5.40. The van der Waals surface area contributed by atoms with E-state index in [1.165, 1.54) is 12.8 Å². The minimum Gasteiger partial charge on any atom is -0.377 e. The van der Waals surface area contributed by atoms with Crippen LogP contribution in [0.4, 0.5) is 11.4 Å². The first-order valence-electron chi connectivity index (χ1n) is 7.32. The van der Waals surface area contributed by atoms with Crippen molar-refractivity contribution in [3.63, 3.8) is 0 Å². The molecule has 2 aliphatic rings. The number of nitro benzene ring substituents is 1. The first-order valence-corrected chi connectivity index (χ1v) is 7.32. The van der Waals surface area contributed by atoms with E-state index in [1.54, 1.807) is 18.2 Å². The summed E-state index contributed by atoms with van der Waals surface area (Å²) in [6.07, 6.45) is 6.59. The average molecular weight is 276 g/mol. The summed E-state index contributed by atoms with van der Waals surface area (Å²) in [5, 5.41) is 14.4. The Kier molecular flexibility index (Phi) is 3.61. The number of hydrogen-bond donors (Lipinski definition) is 1. The first kappa shape index (κ1) is 13.4. The van der Waals surface area contributed by atoms with Crippen LogP contribution in [-0.2, 0) is 4.74 Å². The first-order chi connectivity index (χ1) is 9.69. The normalized spacial score (nSPS) is 24.7. The Labute approximate surface area is 118 Å². The molecule has 0 aromatic heterocycles. The lowest BCUT2D eigenvalue weighted by atomic mass is 9.89. The third-order valence-corrected chi connectivity index (χ3v) is 4.47. The van der Waals surface area contributed by atoms with E-state index in [1.807, 2.05) is 6.07 Å². The monoisotopic (exact) mass is 276 g/mol. The summed E-state index contributed by atoms with van der Waals surface area (Å²) in [6.45, 7) is 0.748. The van der Waals surface area contributed by atoms with Gasteiger partial charge in [0.15, 0.2) is 0 Å². The second-order valence-electron chi connectivity index (χ2n) is 5.85. The summed E-state index contributed by atoms with van der Waals surface area (Å²) in [5.41, 5.74) is 0.802. The van der Waals surface area contributed by atoms with E-state index in [0.29, 0.717) is 5.69 Å². The number of benzene rings is 1. The smallest absolute Gasteiger partial charge is 0.292 e. The van der Waals surface area contributed by atoms with Crippen molar-refractivity contribution in [2.75, 3.05) is 11.9 Å². The number of nitro groups is 1. The molecule has 2 fully saturated rings. The maximum absolute atomic E-state index is 11.1. The van der Waals surface area contributed by atoms with Gasteiger partial charge in [-0.2, -0.15) is 0 Å². The summed E-state index contributed by atoms with van der Waals surface area (Å²) in [4.78, 5) is 10.7. The van der Waals surface area contributed by atoms with Crippen molar-refractivity contribution in [1.29, 1.82) is 0 Å². The van der Waals surface area contributed by atoms with Gasteiger partial charge >= 0.3 is 0 Å². The Morgan fingerprint density at radius 3 is 2.80 bits per heavy atom. The van der Waals surface area contributed by atoms with Crippen LogP contribution in [0, 0.1) is 10.1 Å². The highest BCUT2D eigenvalue weighted by molar-refractivity contribution is 5.61. The predicted molar refractivity (Wildman–Crippen MR) is 76.9 cm³/mol. The molecule has 0 radical (unpaired) electrons. The van der Waals surface area contributed by atoms with Crippen LogP contribution in [0.25, 0.3) is 0 Å². The molecule has 1 aliphatic heterocycles. The molecule has 1 saturated heterocycles. The standard InChI is InChI=1S/C15H20N2O3/c18-17(19)14-6-2-1-5-13(14)16-12-7-10-20-15(11-12)8-3-4-9-15/h1-2,5-6,12,16H,3-4,7-11H2. The molecule has 5 heteroatoms. The zero-order valence-corrected chi connectivity index (χ0v) is 11.5. The largest absolute Gasteiger partial charge is 0.377 e. The molecule has 1 saturated carbocycles. The molecule has 20 heavy (non-hydrogen) atoms. The third-order valence-electron chi connectivity index (χ3n) is 4.47.